The van der Waals surface area contributed by atoms with E-state index in [-0.39, 0.29) is 6.42 Å². The van der Waals surface area contributed by atoms with Gasteiger partial charge in [-0.1, -0.05) is 30.3 Å². The standard InChI is InChI=1S/C18H17NO3/c1-19(2)14-8-13(9-17(20)21)18-15(10-14)16(11-22-18)12-6-4-3-5-7-12/h3-8,10-11H,9H2,1-2H3,(H,20,21). The molecule has 4 nitrogen and oxygen atoms in total. The number of rotatable bonds is 4. The third-order valence-electron chi connectivity index (χ3n) is 3.68. The van der Waals surface area contributed by atoms with Crippen molar-refractivity contribution in [3.63, 3.8) is 0 Å². The molecule has 1 aromatic heterocycles. The van der Waals surface area contributed by atoms with Crippen molar-refractivity contribution in [2.75, 3.05) is 19.0 Å². The van der Waals surface area contributed by atoms with Crippen molar-refractivity contribution < 1.29 is 14.3 Å². The van der Waals surface area contributed by atoms with E-state index in [2.05, 4.69) is 0 Å². The van der Waals surface area contributed by atoms with Crippen LogP contribution in [0.25, 0.3) is 22.1 Å². The number of hydrogen-bond acceptors (Lipinski definition) is 3. The lowest BCUT2D eigenvalue weighted by atomic mass is 10.0. The predicted octanol–water partition coefficient (Wildman–Crippen LogP) is 3.79. The average Bonchev–Trinajstić information content (AvgIpc) is 2.91. The summed E-state index contributed by atoms with van der Waals surface area (Å²) in [6.07, 6.45) is 1.64. The maximum atomic E-state index is 11.1. The molecule has 22 heavy (non-hydrogen) atoms. The minimum absolute atomic E-state index is 0.0556. The van der Waals surface area contributed by atoms with E-state index in [1.54, 1.807) is 6.26 Å². The summed E-state index contributed by atoms with van der Waals surface area (Å²) in [5, 5.41) is 10.1. The quantitative estimate of drug-likeness (QED) is 0.795. The second-order valence-corrected chi connectivity index (χ2v) is 5.46. The molecule has 0 radical (unpaired) electrons. The van der Waals surface area contributed by atoms with E-state index in [0.717, 1.165) is 22.2 Å². The molecule has 0 saturated heterocycles. The van der Waals surface area contributed by atoms with Crippen molar-refractivity contribution in [2.24, 2.45) is 0 Å². The minimum Gasteiger partial charge on any atom is -0.481 e. The topological polar surface area (TPSA) is 53.7 Å². The molecule has 112 valence electrons. The Morgan fingerprint density at radius 1 is 1.18 bits per heavy atom. The number of furan rings is 1. The summed E-state index contributed by atoms with van der Waals surface area (Å²) >= 11 is 0. The minimum atomic E-state index is -0.866. The van der Waals surface area contributed by atoms with Crippen molar-refractivity contribution in [3.8, 4) is 11.1 Å². The normalized spacial score (nSPS) is 10.8. The van der Waals surface area contributed by atoms with Crippen LogP contribution < -0.4 is 4.90 Å². The van der Waals surface area contributed by atoms with Gasteiger partial charge in [-0.05, 0) is 17.7 Å². The number of nitrogens with zero attached hydrogens (tertiary/aromatic N) is 1. The van der Waals surface area contributed by atoms with Gasteiger partial charge in [0.2, 0.25) is 0 Å². The Morgan fingerprint density at radius 2 is 1.91 bits per heavy atom. The number of benzene rings is 2. The van der Waals surface area contributed by atoms with Crippen LogP contribution in [0.2, 0.25) is 0 Å². The lowest BCUT2D eigenvalue weighted by Crippen LogP contribution is -2.10. The Hall–Kier alpha value is -2.75. The highest BCUT2D eigenvalue weighted by Crippen LogP contribution is 2.35. The number of hydrogen-bond donors (Lipinski definition) is 1. The molecule has 0 unspecified atom stereocenters. The van der Waals surface area contributed by atoms with Crippen molar-refractivity contribution in [3.05, 3.63) is 54.3 Å². The third kappa shape index (κ3) is 2.55. The summed E-state index contributed by atoms with van der Waals surface area (Å²) < 4.78 is 5.69. The van der Waals surface area contributed by atoms with E-state index >= 15 is 0 Å². The number of carboxylic acid groups (broad SMARTS) is 1. The Bertz CT molecular complexity index is 819. The molecule has 0 aliphatic rings. The number of aliphatic carboxylic acids is 1. The largest absolute Gasteiger partial charge is 0.481 e. The van der Waals surface area contributed by atoms with Gasteiger partial charge in [0, 0.05) is 36.3 Å². The van der Waals surface area contributed by atoms with Gasteiger partial charge >= 0.3 is 5.97 Å². The molecule has 0 amide bonds. The fourth-order valence-corrected chi connectivity index (χ4v) is 2.59. The Labute approximate surface area is 128 Å². The van der Waals surface area contributed by atoms with Crippen molar-refractivity contribution in [1.29, 1.82) is 0 Å². The Kier molecular flexibility index (Phi) is 3.59. The van der Waals surface area contributed by atoms with E-state index in [1.807, 2.05) is 61.5 Å². The molecule has 0 saturated carbocycles. The van der Waals surface area contributed by atoms with Gasteiger partial charge in [-0.2, -0.15) is 0 Å². The van der Waals surface area contributed by atoms with E-state index in [9.17, 15) is 4.79 Å². The molecule has 0 bridgehead atoms. The van der Waals surface area contributed by atoms with Crippen LogP contribution in [-0.4, -0.2) is 25.2 Å². The first kappa shape index (κ1) is 14.2. The summed E-state index contributed by atoms with van der Waals surface area (Å²) in [5.74, 6) is -0.866. The highest BCUT2D eigenvalue weighted by Gasteiger charge is 2.16. The van der Waals surface area contributed by atoms with Gasteiger partial charge in [-0.25, -0.2) is 0 Å². The lowest BCUT2D eigenvalue weighted by molar-refractivity contribution is -0.136. The van der Waals surface area contributed by atoms with Crippen LogP contribution >= 0.6 is 0 Å². The summed E-state index contributed by atoms with van der Waals surface area (Å²) in [7, 11) is 3.88. The third-order valence-corrected chi connectivity index (χ3v) is 3.68. The van der Waals surface area contributed by atoms with E-state index in [0.29, 0.717) is 11.1 Å². The molecule has 0 fully saturated rings. The summed E-state index contributed by atoms with van der Waals surface area (Å²) in [6.45, 7) is 0. The van der Waals surface area contributed by atoms with E-state index in [4.69, 9.17) is 9.52 Å². The van der Waals surface area contributed by atoms with Crippen LogP contribution in [-0.2, 0) is 11.2 Å². The second kappa shape index (κ2) is 5.56. The molecule has 4 heteroatoms. The van der Waals surface area contributed by atoms with Crippen LogP contribution in [0, 0.1) is 0 Å². The maximum Gasteiger partial charge on any atom is 0.307 e. The Morgan fingerprint density at radius 3 is 2.55 bits per heavy atom. The molecule has 0 spiro atoms. The molecule has 0 aliphatic heterocycles. The first-order valence-electron chi connectivity index (χ1n) is 7.05. The highest BCUT2D eigenvalue weighted by atomic mass is 16.4. The molecule has 3 aromatic rings. The van der Waals surface area contributed by atoms with Gasteiger partial charge in [0.05, 0.1) is 12.7 Å². The molecule has 1 heterocycles. The fraction of sp³-hybridized carbons (Fsp3) is 0.167. The molecular formula is C18H17NO3. The van der Waals surface area contributed by atoms with Crippen LogP contribution in [0.1, 0.15) is 5.56 Å². The predicted molar refractivity (Wildman–Crippen MR) is 87.3 cm³/mol. The van der Waals surface area contributed by atoms with E-state index in [1.165, 1.54) is 0 Å². The molecule has 3 rings (SSSR count). The molecule has 0 atom stereocenters. The first-order chi connectivity index (χ1) is 10.6. The zero-order valence-corrected chi connectivity index (χ0v) is 12.5. The van der Waals surface area contributed by atoms with Crippen molar-refractivity contribution in [1.82, 2.24) is 0 Å². The SMILES string of the molecule is CN(C)c1cc(CC(=O)O)c2occ(-c3ccccc3)c2c1. The van der Waals surface area contributed by atoms with Gasteiger partial charge in [-0.3, -0.25) is 4.79 Å². The highest BCUT2D eigenvalue weighted by molar-refractivity contribution is 5.98. The number of carbonyl (C=O) groups is 1. The van der Waals surface area contributed by atoms with Crippen molar-refractivity contribution >= 4 is 22.6 Å². The molecule has 2 aromatic carbocycles. The summed E-state index contributed by atoms with van der Waals surface area (Å²) in [4.78, 5) is 13.1. The van der Waals surface area contributed by atoms with Crippen LogP contribution in [0.4, 0.5) is 5.69 Å². The van der Waals surface area contributed by atoms with Crippen LogP contribution in [0.3, 0.4) is 0 Å². The van der Waals surface area contributed by atoms with Crippen LogP contribution in [0.5, 0.6) is 0 Å². The fourth-order valence-electron chi connectivity index (χ4n) is 2.59. The van der Waals surface area contributed by atoms with E-state index < -0.39 is 5.97 Å². The van der Waals surface area contributed by atoms with Gasteiger partial charge in [0.25, 0.3) is 0 Å². The summed E-state index contributed by atoms with van der Waals surface area (Å²) in [6, 6.07) is 13.9. The number of anilines is 1. The molecule has 0 aliphatic carbocycles. The van der Waals surface area contributed by atoms with Gasteiger partial charge in [0.15, 0.2) is 0 Å². The molecular weight excluding hydrogens is 278 g/mol. The summed E-state index contributed by atoms with van der Waals surface area (Å²) in [5.41, 5.74) is 4.33. The smallest absolute Gasteiger partial charge is 0.307 e. The molecule has 1 N–H and O–H groups in total. The Balaban J connectivity index is 2.25. The second-order valence-electron chi connectivity index (χ2n) is 5.46. The number of carboxylic acids is 1. The van der Waals surface area contributed by atoms with Gasteiger partial charge in [-0.15, -0.1) is 0 Å². The van der Waals surface area contributed by atoms with Gasteiger partial charge in [0.1, 0.15) is 5.58 Å². The monoisotopic (exact) mass is 295 g/mol. The maximum absolute atomic E-state index is 11.1. The lowest BCUT2D eigenvalue weighted by Gasteiger charge is -2.14. The zero-order valence-electron chi connectivity index (χ0n) is 12.5. The van der Waals surface area contributed by atoms with Crippen LogP contribution in [0.15, 0.2) is 53.1 Å². The van der Waals surface area contributed by atoms with Gasteiger partial charge < -0.3 is 14.4 Å². The van der Waals surface area contributed by atoms with Crippen molar-refractivity contribution in [2.45, 2.75) is 6.42 Å². The first-order valence-corrected chi connectivity index (χ1v) is 7.05. The number of fused-ring (bicyclic) bond motifs is 1. The average molecular weight is 295 g/mol. The zero-order chi connectivity index (χ0) is 15.7.